The van der Waals surface area contributed by atoms with Crippen molar-refractivity contribution in [3.63, 3.8) is 0 Å². The van der Waals surface area contributed by atoms with E-state index in [1.807, 2.05) is 0 Å². The maximum absolute atomic E-state index is 12.5. The van der Waals surface area contributed by atoms with Crippen LogP contribution in [0.5, 0.6) is 0 Å². The molecular formula is C14H26N2O3. The van der Waals surface area contributed by atoms with Crippen LogP contribution in [0, 0.1) is 5.92 Å². The number of hydrogen-bond acceptors (Lipinski definition) is 4. The molecule has 1 aliphatic heterocycles. The molecule has 19 heavy (non-hydrogen) atoms. The van der Waals surface area contributed by atoms with E-state index in [-0.39, 0.29) is 12.5 Å². The van der Waals surface area contributed by atoms with E-state index in [1.54, 1.807) is 0 Å². The number of ether oxygens (including phenoxy) is 1. The van der Waals surface area contributed by atoms with Crippen molar-refractivity contribution >= 4 is 5.91 Å². The Kier molecular flexibility index (Phi) is 4.48. The van der Waals surface area contributed by atoms with Gasteiger partial charge in [0.05, 0.1) is 17.7 Å². The van der Waals surface area contributed by atoms with E-state index in [9.17, 15) is 9.90 Å². The summed E-state index contributed by atoms with van der Waals surface area (Å²) in [5, 5.41) is 12.8. The van der Waals surface area contributed by atoms with Crippen LogP contribution in [-0.2, 0) is 9.53 Å². The standard InChI is InChI=1S/C14H26N2O3/c1-11-3-2-4-13(9-11,10-17)16-12(18)14(15)5-7-19-8-6-14/h11,17H,2-10,15H2,1H3,(H,16,18). The minimum Gasteiger partial charge on any atom is -0.394 e. The summed E-state index contributed by atoms with van der Waals surface area (Å²) < 4.78 is 5.26. The molecule has 0 bridgehead atoms. The summed E-state index contributed by atoms with van der Waals surface area (Å²) in [5.74, 6) is 0.406. The van der Waals surface area contributed by atoms with Gasteiger partial charge in [-0.25, -0.2) is 0 Å². The van der Waals surface area contributed by atoms with E-state index < -0.39 is 11.1 Å². The van der Waals surface area contributed by atoms with Gasteiger partial charge in [0.1, 0.15) is 0 Å². The quantitative estimate of drug-likeness (QED) is 0.699. The van der Waals surface area contributed by atoms with Crippen molar-refractivity contribution in [3.8, 4) is 0 Å². The molecule has 2 aliphatic rings. The highest BCUT2D eigenvalue weighted by molar-refractivity contribution is 5.86. The topological polar surface area (TPSA) is 84.6 Å². The van der Waals surface area contributed by atoms with Crippen LogP contribution in [0.1, 0.15) is 45.4 Å². The molecule has 1 amide bonds. The van der Waals surface area contributed by atoms with Crippen LogP contribution < -0.4 is 11.1 Å². The normalized spacial score (nSPS) is 34.8. The van der Waals surface area contributed by atoms with E-state index in [0.717, 1.165) is 19.3 Å². The van der Waals surface area contributed by atoms with Crippen LogP contribution in [0.3, 0.4) is 0 Å². The third-order valence-electron chi connectivity index (χ3n) is 4.61. The van der Waals surface area contributed by atoms with Crippen molar-refractivity contribution < 1.29 is 14.6 Å². The smallest absolute Gasteiger partial charge is 0.240 e. The number of carbonyl (C=O) groups is 1. The highest BCUT2D eigenvalue weighted by Gasteiger charge is 2.42. The van der Waals surface area contributed by atoms with Gasteiger partial charge in [-0.05, 0) is 31.6 Å². The fourth-order valence-electron chi connectivity index (χ4n) is 3.28. The number of rotatable bonds is 3. The molecule has 0 aromatic rings. The zero-order valence-corrected chi connectivity index (χ0v) is 11.8. The SMILES string of the molecule is CC1CCCC(CO)(NC(=O)C2(N)CCOCC2)C1. The second kappa shape index (κ2) is 5.77. The molecule has 0 radical (unpaired) electrons. The van der Waals surface area contributed by atoms with E-state index in [4.69, 9.17) is 10.5 Å². The number of nitrogens with two attached hydrogens (primary N) is 1. The molecule has 2 atom stereocenters. The second-order valence-corrected chi connectivity index (χ2v) is 6.36. The lowest BCUT2D eigenvalue weighted by molar-refractivity contribution is -0.133. The molecule has 1 saturated heterocycles. The minimum atomic E-state index is -0.832. The Hall–Kier alpha value is -0.650. The van der Waals surface area contributed by atoms with Crippen molar-refractivity contribution in [3.05, 3.63) is 0 Å². The van der Waals surface area contributed by atoms with Gasteiger partial charge in [-0.1, -0.05) is 19.8 Å². The van der Waals surface area contributed by atoms with Gasteiger partial charge in [-0.2, -0.15) is 0 Å². The Morgan fingerprint density at radius 2 is 2.11 bits per heavy atom. The molecule has 2 fully saturated rings. The Labute approximate surface area is 114 Å². The molecule has 1 saturated carbocycles. The van der Waals surface area contributed by atoms with Crippen LogP contribution in [0.2, 0.25) is 0 Å². The monoisotopic (exact) mass is 270 g/mol. The van der Waals surface area contributed by atoms with Gasteiger partial charge in [0.25, 0.3) is 0 Å². The van der Waals surface area contributed by atoms with Gasteiger partial charge in [0, 0.05) is 13.2 Å². The Balaban J connectivity index is 2.03. The average molecular weight is 270 g/mol. The molecule has 1 heterocycles. The molecule has 4 N–H and O–H groups in total. The van der Waals surface area contributed by atoms with Crippen LogP contribution >= 0.6 is 0 Å². The second-order valence-electron chi connectivity index (χ2n) is 6.36. The van der Waals surface area contributed by atoms with Gasteiger partial charge in [-0.3, -0.25) is 4.79 Å². The zero-order valence-electron chi connectivity index (χ0n) is 11.8. The first kappa shape index (κ1) is 14.8. The summed E-state index contributed by atoms with van der Waals surface area (Å²) in [6, 6.07) is 0. The van der Waals surface area contributed by atoms with Crippen LogP contribution in [0.15, 0.2) is 0 Å². The van der Waals surface area contributed by atoms with Crippen molar-refractivity contribution in [1.82, 2.24) is 5.32 Å². The number of amides is 1. The van der Waals surface area contributed by atoms with Crippen LogP contribution in [-0.4, -0.2) is 41.9 Å². The third kappa shape index (κ3) is 3.27. The average Bonchev–Trinajstić information content (AvgIpc) is 2.39. The van der Waals surface area contributed by atoms with E-state index in [1.165, 1.54) is 6.42 Å². The summed E-state index contributed by atoms with van der Waals surface area (Å²) in [6.07, 6.45) is 4.99. The van der Waals surface area contributed by atoms with E-state index in [0.29, 0.717) is 32.0 Å². The summed E-state index contributed by atoms with van der Waals surface area (Å²) in [7, 11) is 0. The van der Waals surface area contributed by atoms with Gasteiger partial charge in [0.2, 0.25) is 5.91 Å². The lowest BCUT2D eigenvalue weighted by Gasteiger charge is -2.42. The minimum absolute atomic E-state index is 0.00431. The number of carbonyl (C=O) groups excluding carboxylic acids is 1. The fourth-order valence-corrected chi connectivity index (χ4v) is 3.28. The predicted molar refractivity (Wildman–Crippen MR) is 72.6 cm³/mol. The number of aliphatic hydroxyl groups is 1. The first-order chi connectivity index (χ1) is 9.00. The summed E-state index contributed by atoms with van der Waals surface area (Å²) >= 11 is 0. The van der Waals surface area contributed by atoms with Crippen LogP contribution in [0.25, 0.3) is 0 Å². The highest BCUT2D eigenvalue weighted by atomic mass is 16.5. The zero-order chi connectivity index (χ0) is 13.9. The van der Waals surface area contributed by atoms with Gasteiger partial charge < -0.3 is 20.9 Å². The maximum atomic E-state index is 12.5. The van der Waals surface area contributed by atoms with Crippen molar-refractivity contribution in [2.24, 2.45) is 11.7 Å². The maximum Gasteiger partial charge on any atom is 0.240 e. The van der Waals surface area contributed by atoms with Gasteiger partial charge >= 0.3 is 0 Å². The first-order valence-corrected chi connectivity index (χ1v) is 7.30. The first-order valence-electron chi connectivity index (χ1n) is 7.30. The fraction of sp³-hybridized carbons (Fsp3) is 0.929. The lowest BCUT2D eigenvalue weighted by Crippen LogP contribution is -2.64. The lowest BCUT2D eigenvalue weighted by atomic mass is 9.76. The molecule has 0 aromatic heterocycles. The molecule has 2 rings (SSSR count). The molecule has 5 heteroatoms. The van der Waals surface area contributed by atoms with Gasteiger partial charge in [0.15, 0.2) is 0 Å². The molecule has 2 unspecified atom stereocenters. The summed E-state index contributed by atoms with van der Waals surface area (Å²) in [6.45, 7) is 3.23. The van der Waals surface area contributed by atoms with Crippen LogP contribution in [0.4, 0.5) is 0 Å². The highest BCUT2D eigenvalue weighted by Crippen LogP contribution is 2.32. The Morgan fingerprint density at radius 3 is 2.68 bits per heavy atom. The van der Waals surface area contributed by atoms with Crippen molar-refractivity contribution in [1.29, 1.82) is 0 Å². The summed E-state index contributed by atoms with van der Waals surface area (Å²) in [5.41, 5.74) is 4.89. The Morgan fingerprint density at radius 1 is 1.42 bits per heavy atom. The molecule has 0 spiro atoms. The Bertz CT molecular complexity index is 329. The van der Waals surface area contributed by atoms with E-state index >= 15 is 0 Å². The van der Waals surface area contributed by atoms with E-state index in [2.05, 4.69) is 12.2 Å². The molecule has 5 nitrogen and oxygen atoms in total. The van der Waals surface area contributed by atoms with Gasteiger partial charge in [-0.15, -0.1) is 0 Å². The largest absolute Gasteiger partial charge is 0.394 e. The third-order valence-corrected chi connectivity index (χ3v) is 4.61. The number of aliphatic hydroxyl groups excluding tert-OH is 1. The van der Waals surface area contributed by atoms with Crippen molar-refractivity contribution in [2.75, 3.05) is 19.8 Å². The molecule has 1 aliphatic carbocycles. The molecular weight excluding hydrogens is 244 g/mol. The van der Waals surface area contributed by atoms with Crippen molar-refractivity contribution in [2.45, 2.75) is 56.5 Å². The number of hydrogen-bond donors (Lipinski definition) is 3. The molecule has 110 valence electrons. The summed E-state index contributed by atoms with van der Waals surface area (Å²) in [4.78, 5) is 12.5. The molecule has 0 aromatic carbocycles. The predicted octanol–water partition coefficient (Wildman–Crippen LogP) is 0.552. The number of nitrogens with one attached hydrogen (secondary N) is 1.